The molecule has 0 radical (unpaired) electrons. The fourth-order valence-corrected chi connectivity index (χ4v) is 4.32. The Morgan fingerprint density at radius 1 is 1.05 bits per heavy atom. The first-order valence-corrected chi connectivity index (χ1v) is 9.14. The third-order valence-corrected chi connectivity index (χ3v) is 5.76. The molecule has 3 rings (SSSR count). The van der Waals surface area contributed by atoms with Gasteiger partial charge >= 0.3 is 0 Å². The highest BCUT2D eigenvalue weighted by Gasteiger charge is 2.17. The summed E-state index contributed by atoms with van der Waals surface area (Å²) in [5.41, 5.74) is 7.52. The molecule has 1 aromatic carbocycles. The Balaban J connectivity index is 1.58. The lowest BCUT2D eigenvalue weighted by Gasteiger charge is -2.23. The van der Waals surface area contributed by atoms with Crippen LogP contribution in [-0.2, 0) is 0 Å². The minimum atomic E-state index is 0.0779. The smallest absolute Gasteiger partial charge is 0.161 e. The lowest BCUT2D eigenvalue weighted by molar-refractivity contribution is 0.297. The van der Waals surface area contributed by atoms with E-state index in [9.17, 15) is 0 Å². The zero-order chi connectivity index (χ0) is 14.5. The largest absolute Gasteiger partial charge is 0.490 e. The third kappa shape index (κ3) is 4.07. The van der Waals surface area contributed by atoms with Gasteiger partial charge in [-0.15, -0.1) is 0 Å². The minimum absolute atomic E-state index is 0.0779. The van der Waals surface area contributed by atoms with Crippen LogP contribution in [0.15, 0.2) is 18.2 Å². The number of nitrogens with two attached hydrogens (primary N) is 1. The summed E-state index contributed by atoms with van der Waals surface area (Å²) in [6.07, 6.45) is 7.84. The van der Waals surface area contributed by atoms with Gasteiger partial charge in [0.1, 0.15) is 0 Å². The summed E-state index contributed by atoms with van der Waals surface area (Å²) in [6, 6.07) is 6.22. The first-order chi connectivity index (χ1) is 10.3. The summed E-state index contributed by atoms with van der Waals surface area (Å²) in [4.78, 5) is 0. The highest BCUT2D eigenvalue weighted by Crippen LogP contribution is 2.34. The zero-order valence-corrected chi connectivity index (χ0v) is 13.4. The van der Waals surface area contributed by atoms with Crippen LogP contribution in [0.1, 0.15) is 50.1 Å². The van der Waals surface area contributed by atoms with Crippen molar-refractivity contribution in [3.05, 3.63) is 23.8 Å². The molecule has 21 heavy (non-hydrogen) atoms. The molecule has 1 saturated carbocycles. The predicted molar refractivity (Wildman–Crippen MR) is 88.3 cm³/mol. The Morgan fingerprint density at radius 3 is 2.62 bits per heavy atom. The summed E-state index contributed by atoms with van der Waals surface area (Å²) >= 11 is 2.04. The van der Waals surface area contributed by atoms with Crippen molar-refractivity contribution in [3.63, 3.8) is 0 Å². The molecule has 2 aliphatic rings. The summed E-state index contributed by atoms with van der Waals surface area (Å²) < 4.78 is 11.4. The molecular weight excluding hydrogens is 282 g/mol. The topological polar surface area (TPSA) is 44.5 Å². The molecule has 1 aromatic rings. The molecule has 1 fully saturated rings. The Hall–Kier alpha value is -0.870. The van der Waals surface area contributed by atoms with Crippen LogP contribution in [0.4, 0.5) is 0 Å². The first kappa shape index (κ1) is 15.0. The molecule has 0 amide bonds. The predicted octanol–water partition coefficient (Wildman–Crippen LogP) is 3.91. The maximum atomic E-state index is 6.37. The summed E-state index contributed by atoms with van der Waals surface area (Å²) in [7, 11) is 0. The summed E-state index contributed by atoms with van der Waals surface area (Å²) in [5.74, 6) is 2.69. The van der Waals surface area contributed by atoms with Crippen LogP contribution in [-0.4, -0.2) is 24.2 Å². The summed E-state index contributed by atoms with van der Waals surface area (Å²) in [6.45, 7) is 1.46. The number of fused-ring (bicyclic) bond motifs is 1. The number of hydrogen-bond acceptors (Lipinski definition) is 4. The van der Waals surface area contributed by atoms with Gasteiger partial charge in [0, 0.05) is 23.5 Å². The van der Waals surface area contributed by atoms with Crippen molar-refractivity contribution in [1.29, 1.82) is 0 Å². The van der Waals surface area contributed by atoms with Crippen molar-refractivity contribution in [2.75, 3.05) is 19.0 Å². The van der Waals surface area contributed by atoms with Gasteiger partial charge < -0.3 is 15.2 Å². The van der Waals surface area contributed by atoms with E-state index in [4.69, 9.17) is 15.2 Å². The van der Waals surface area contributed by atoms with E-state index in [0.29, 0.717) is 0 Å². The normalized spacial score (nSPS) is 20.8. The number of hydrogen-bond donors (Lipinski definition) is 1. The second-order valence-electron chi connectivity index (χ2n) is 5.96. The molecule has 0 saturated heterocycles. The van der Waals surface area contributed by atoms with Crippen molar-refractivity contribution in [2.45, 2.75) is 49.8 Å². The summed E-state index contributed by atoms with van der Waals surface area (Å²) in [5, 5.41) is 0.810. The molecule has 1 heterocycles. The molecule has 116 valence electrons. The van der Waals surface area contributed by atoms with Crippen molar-refractivity contribution >= 4 is 11.8 Å². The van der Waals surface area contributed by atoms with Crippen LogP contribution in [0.25, 0.3) is 0 Å². The molecule has 1 unspecified atom stereocenters. The molecule has 1 aliphatic heterocycles. The monoisotopic (exact) mass is 307 g/mol. The fourth-order valence-electron chi connectivity index (χ4n) is 2.98. The molecule has 1 atom stereocenters. The van der Waals surface area contributed by atoms with E-state index in [1.54, 1.807) is 0 Å². The Kier molecular flexibility index (Phi) is 5.31. The number of ether oxygens (including phenoxy) is 2. The van der Waals surface area contributed by atoms with Gasteiger partial charge in [-0.3, -0.25) is 0 Å². The SMILES string of the molecule is NC(CSC1CCCCC1)c1ccc2c(c1)OCCCO2. The Labute approximate surface area is 131 Å². The van der Waals surface area contributed by atoms with Gasteiger partial charge in [-0.1, -0.05) is 25.3 Å². The maximum Gasteiger partial charge on any atom is 0.161 e. The fraction of sp³-hybridized carbons (Fsp3) is 0.647. The van der Waals surface area contributed by atoms with Crippen LogP contribution in [0.5, 0.6) is 11.5 Å². The van der Waals surface area contributed by atoms with Crippen LogP contribution in [0.3, 0.4) is 0 Å². The third-order valence-electron chi connectivity index (χ3n) is 4.26. The van der Waals surface area contributed by atoms with Gasteiger partial charge in [0.15, 0.2) is 11.5 Å². The van der Waals surface area contributed by atoms with Gasteiger partial charge in [-0.25, -0.2) is 0 Å². The van der Waals surface area contributed by atoms with Crippen molar-refractivity contribution in [3.8, 4) is 11.5 Å². The van der Waals surface area contributed by atoms with E-state index < -0.39 is 0 Å². The molecule has 4 heteroatoms. The van der Waals surface area contributed by atoms with Crippen LogP contribution in [0.2, 0.25) is 0 Å². The lowest BCUT2D eigenvalue weighted by atomic mass is 10.0. The van der Waals surface area contributed by atoms with Crippen LogP contribution < -0.4 is 15.2 Å². The molecule has 3 nitrogen and oxygen atoms in total. The van der Waals surface area contributed by atoms with E-state index in [-0.39, 0.29) is 6.04 Å². The average molecular weight is 307 g/mol. The standard InChI is InChI=1S/C17H25NO2S/c18-15(12-21-14-5-2-1-3-6-14)13-7-8-16-17(11-13)20-10-4-9-19-16/h7-8,11,14-15H,1-6,9-10,12,18H2. The van der Waals surface area contributed by atoms with Gasteiger partial charge in [0.05, 0.1) is 13.2 Å². The first-order valence-electron chi connectivity index (χ1n) is 8.09. The molecule has 2 N–H and O–H groups in total. The van der Waals surface area contributed by atoms with Gasteiger partial charge in [0.2, 0.25) is 0 Å². The lowest BCUT2D eigenvalue weighted by Crippen LogP contribution is -2.17. The minimum Gasteiger partial charge on any atom is -0.490 e. The van der Waals surface area contributed by atoms with Gasteiger partial charge in [0.25, 0.3) is 0 Å². The van der Waals surface area contributed by atoms with Crippen LogP contribution >= 0.6 is 11.8 Å². The van der Waals surface area contributed by atoms with E-state index in [1.165, 1.54) is 32.1 Å². The highest BCUT2D eigenvalue weighted by molar-refractivity contribution is 7.99. The van der Waals surface area contributed by atoms with Crippen molar-refractivity contribution < 1.29 is 9.47 Å². The molecule has 0 bridgehead atoms. The van der Waals surface area contributed by atoms with E-state index >= 15 is 0 Å². The number of benzene rings is 1. The molecule has 0 spiro atoms. The van der Waals surface area contributed by atoms with Gasteiger partial charge in [-0.2, -0.15) is 11.8 Å². The Morgan fingerprint density at radius 2 is 1.81 bits per heavy atom. The molecule has 1 aliphatic carbocycles. The average Bonchev–Trinajstić information content (AvgIpc) is 2.78. The van der Waals surface area contributed by atoms with E-state index in [1.807, 2.05) is 17.8 Å². The van der Waals surface area contributed by atoms with Gasteiger partial charge in [-0.05, 0) is 30.5 Å². The highest BCUT2D eigenvalue weighted by atomic mass is 32.2. The maximum absolute atomic E-state index is 6.37. The second kappa shape index (κ2) is 7.41. The van der Waals surface area contributed by atoms with Crippen molar-refractivity contribution in [2.24, 2.45) is 5.73 Å². The van der Waals surface area contributed by atoms with E-state index in [2.05, 4.69) is 12.1 Å². The quantitative estimate of drug-likeness (QED) is 0.916. The number of rotatable bonds is 4. The molecule has 0 aromatic heterocycles. The second-order valence-corrected chi connectivity index (χ2v) is 7.29. The van der Waals surface area contributed by atoms with E-state index in [0.717, 1.165) is 47.7 Å². The number of thioether (sulfide) groups is 1. The van der Waals surface area contributed by atoms with Crippen LogP contribution in [0, 0.1) is 0 Å². The molecular formula is C17H25NO2S. The zero-order valence-electron chi connectivity index (χ0n) is 12.6. The Bertz CT molecular complexity index is 460. The van der Waals surface area contributed by atoms with Crippen molar-refractivity contribution in [1.82, 2.24) is 0 Å².